The monoisotopic (exact) mass is 419 g/mol. The molecule has 0 saturated heterocycles. The summed E-state index contributed by atoms with van der Waals surface area (Å²) in [6.45, 7) is 2.33. The van der Waals surface area contributed by atoms with Crippen LogP contribution in [0.1, 0.15) is 43.7 Å². The fourth-order valence-corrected chi connectivity index (χ4v) is 3.69. The van der Waals surface area contributed by atoms with Crippen LogP contribution >= 0.6 is 0 Å². The van der Waals surface area contributed by atoms with Crippen molar-refractivity contribution in [2.24, 2.45) is 5.92 Å². The zero-order chi connectivity index (χ0) is 22.2. The molecule has 1 N–H and O–H groups in total. The molecule has 0 spiro atoms. The molecule has 1 aliphatic rings. The van der Waals surface area contributed by atoms with Crippen molar-refractivity contribution in [2.75, 3.05) is 0 Å². The van der Waals surface area contributed by atoms with E-state index in [1.54, 1.807) is 36.4 Å². The molecule has 2 atom stereocenters. The molecule has 0 aliphatic heterocycles. The van der Waals surface area contributed by atoms with Crippen LogP contribution in [0.2, 0.25) is 0 Å². The van der Waals surface area contributed by atoms with E-state index in [0.717, 1.165) is 24.8 Å². The summed E-state index contributed by atoms with van der Waals surface area (Å²) in [6, 6.07) is 15.4. The number of carbonyl (C=O) groups is 1. The van der Waals surface area contributed by atoms with Gasteiger partial charge < -0.3 is 10.1 Å². The molecule has 1 saturated carbocycles. The fourth-order valence-electron chi connectivity index (χ4n) is 3.69. The van der Waals surface area contributed by atoms with Gasteiger partial charge in [0.25, 0.3) is 11.6 Å². The van der Waals surface area contributed by atoms with Gasteiger partial charge in [-0.2, -0.15) is 5.26 Å². The van der Waals surface area contributed by atoms with Gasteiger partial charge in [-0.25, -0.2) is 0 Å². The molecule has 2 aromatic carbocycles. The maximum absolute atomic E-state index is 12.7. The summed E-state index contributed by atoms with van der Waals surface area (Å²) in [7, 11) is 0. The smallest absolute Gasteiger partial charge is 0.269 e. The zero-order valence-electron chi connectivity index (χ0n) is 17.4. The number of nitro benzene ring substituents is 1. The van der Waals surface area contributed by atoms with Crippen molar-refractivity contribution in [1.29, 1.82) is 5.26 Å². The maximum Gasteiger partial charge on any atom is 0.269 e. The number of nitrogens with zero attached hydrogens (tertiary/aromatic N) is 2. The van der Waals surface area contributed by atoms with Crippen LogP contribution in [0, 0.1) is 27.4 Å². The lowest BCUT2D eigenvalue weighted by molar-refractivity contribution is -0.384. The van der Waals surface area contributed by atoms with E-state index in [-0.39, 0.29) is 29.8 Å². The Kier molecular flexibility index (Phi) is 7.39. The molecule has 1 aliphatic carbocycles. The van der Waals surface area contributed by atoms with E-state index in [1.165, 1.54) is 24.6 Å². The normalized spacial score (nSPS) is 18.6. The summed E-state index contributed by atoms with van der Waals surface area (Å²) in [6.07, 6.45) is 5.80. The molecule has 7 heteroatoms. The molecule has 160 valence electrons. The van der Waals surface area contributed by atoms with Gasteiger partial charge in [0.1, 0.15) is 24.0 Å². The Labute approximate surface area is 181 Å². The number of benzene rings is 2. The van der Waals surface area contributed by atoms with Gasteiger partial charge in [-0.05, 0) is 48.6 Å². The number of nitriles is 1. The average Bonchev–Trinajstić information content (AvgIpc) is 2.78. The van der Waals surface area contributed by atoms with Crippen molar-refractivity contribution >= 4 is 17.7 Å². The van der Waals surface area contributed by atoms with E-state index >= 15 is 0 Å². The molecular weight excluding hydrogens is 394 g/mol. The summed E-state index contributed by atoms with van der Waals surface area (Å²) in [5, 5.41) is 23.3. The van der Waals surface area contributed by atoms with Crippen LogP contribution in [-0.4, -0.2) is 16.9 Å². The van der Waals surface area contributed by atoms with Gasteiger partial charge in [0, 0.05) is 23.7 Å². The second-order valence-electron chi connectivity index (χ2n) is 7.76. The number of hydrogen-bond acceptors (Lipinski definition) is 5. The van der Waals surface area contributed by atoms with E-state index in [2.05, 4.69) is 12.2 Å². The summed E-state index contributed by atoms with van der Waals surface area (Å²) in [5.74, 6) is 0.550. The molecule has 2 aromatic rings. The number of nitrogens with one attached hydrogen (secondary N) is 1. The van der Waals surface area contributed by atoms with Crippen molar-refractivity contribution in [1.82, 2.24) is 5.32 Å². The number of carbonyl (C=O) groups excluding carboxylic acids is 1. The second kappa shape index (κ2) is 10.4. The first kappa shape index (κ1) is 22.0. The predicted octanol–water partition coefficient (Wildman–Crippen LogP) is 4.78. The van der Waals surface area contributed by atoms with Gasteiger partial charge in [0.2, 0.25) is 0 Å². The Balaban J connectivity index is 1.71. The highest BCUT2D eigenvalue weighted by Crippen LogP contribution is 2.25. The van der Waals surface area contributed by atoms with E-state index in [0.29, 0.717) is 17.2 Å². The van der Waals surface area contributed by atoms with Crippen LogP contribution in [0.3, 0.4) is 0 Å². The first-order chi connectivity index (χ1) is 15.0. The van der Waals surface area contributed by atoms with Crippen molar-refractivity contribution in [3.8, 4) is 11.8 Å². The van der Waals surface area contributed by atoms with Gasteiger partial charge in [0.05, 0.1) is 4.92 Å². The van der Waals surface area contributed by atoms with Crippen LogP contribution in [0.25, 0.3) is 6.08 Å². The summed E-state index contributed by atoms with van der Waals surface area (Å²) in [5.41, 5.74) is 1.44. The van der Waals surface area contributed by atoms with E-state index in [1.807, 2.05) is 6.07 Å². The summed E-state index contributed by atoms with van der Waals surface area (Å²) < 4.78 is 5.86. The number of non-ortho nitro benzene ring substituents is 1. The van der Waals surface area contributed by atoms with Gasteiger partial charge in [-0.15, -0.1) is 0 Å². The van der Waals surface area contributed by atoms with E-state index < -0.39 is 4.92 Å². The highest BCUT2D eigenvalue weighted by atomic mass is 16.6. The minimum Gasteiger partial charge on any atom is -0.488 e. The molecule has 0 unspecified atom stereocenters. The van der Waals surface area contributed by atoms with E-state index in [9.17, 15) is 20.2 Å². The highest BCUT2D eigenvalue weighted by Gasteiger charge is 2.24. The maximum atomic E-state index is 12.7. The first-order valence-corrected chi connectivity index (χ1v) is 10.4. The lowest BCUT2D eigenvalue weighted by atomic mass is 9.86. The average molecular weight is 419 g/mol. The topological polar surface area (TPSA) is 105 Å². The fraction of sp³-hybridized carbons (Fsp3) is 0.333. The SMILES string of the molecule is C[C@H]1CCCC[C@@H]1NC(=O)/C(C#N)=C/c1ccccc1OCc1ccc([N+](=O)[O-])cc1. The summed E-state index contributed by atoms with van der Waals surface area (Å²) >= 11 is 0. The summed E-state index contributed by atoms with van der Waals surface area (Å²) in [4.78, 5) is 23.0. The Morgan fingerprint density at radius 3 is 2.61 bits per heavy atom. The Morgan fingerprint density at radius 1 is 1.23 bits per heavy atom. The van der Waals surface area contributed by atoms with E-state index in [4.69, 9.17) is 4.74 Å². The van der Waals surface area contributed by atoms with Gasteiger partial charge in [0.15, 0.2) is 0 Å². The van der Waals surface area contributed by atoms with Gasteiger partial charge >= 0.3 is 0 Å². The van der Waals surface area contributed by atoms with Crippen molar-refractivity contribution < 1.29 is 14.5 Å². The Hall–Kier alpha value is -3.66. The molecular formula is C24H25N3O4. The molecule has 1 fully saturated rings. The van der Waals surface area contributed by atoms with Crippen LogP contribution in [0.4, 0.5) is 5.69 Å². The third-order valence-electron chi connectivity index (χ3n) is 5.55. The van der Waals surface area contributed by atoms with Crippen LogP contribution in [0.15, 0.2) is 54.1 Å². The number of nitro groups is 1. The third kappa shape index (κ3) is 5.92. The lowest BCUT2D eigenvalue weighted by Gasteiger charge is -2.29. The molecule has 0 radical (unpaired) electrons. The number of para-hydroxylation sites is 1. The highest BCUT2D eigenvalue weighted by molar-refractivity contribution is 6.02. The number of amides is 1. The minimum atomic E-state index is -0.451. The zero-order valence-corrected chi connectivity index (χ0v) is 17.4. The number of rotatable bonds is 7. The quantitative estimate of drug-likeness (QED) is 0.301. The number of ether oxygens (including phenoxy) is 1. The molecule has 3 rings (SSSR count). The van der Waals surface area contributed by atoms with Crippen LogP contribution in [-0.2, 0) is 11.4 Å². The van der Waals surface area contributed by atoms with Crippen LogP contribution in [0.5, 0.6) is 5.75 Å². The molecule has 7 nitrogen and oxygen atoms in total. The Morgan fingerprint density at radius 2 is 1.94 bits per heavy atom. The second-order valence-corrected chi connectivity index (χ2v) is 7.76. The predicted molar refractivity (Wildman–Crippen MR) is 117 cm³/mol. The van der Waals surface area contributed by atoms with Crippen LogP contribution < -0.4 is 10.1 Å². The van der Waals surface area contributed by atoms with Crippen molar-refractivity contribution in [3.05, 3.63) is 75.3 Å². The largest absolute Gasteiger partial charge is 0.488 e. The minimum absolute atomic E-state index is 0.0176. The van der Waals surface area contributed by atoms with Gasteiger partial charge in [-0.1, -0.05) is 38.0 Å². The first-order valence-electron chi connectivity index (χ1n) is 10.4. The molecule has 31 heavy (non-hydrogen) atoms. The van der Waals surface area contributed by atoms with Gasteiger partial charge in [-0.3, -0.25) is 14.9 Å². The number of hydrogen-bond donors (Lipinski definition) is 1. The molecule has 0 heterocycles. The van der Waals surface area contributed by atoms with Crippen molar-refractivity contribution in [2.45, 2.75) is 45.3 Å². The van der Waals surface area contributed by atoms with Crippen molar-refractivity contribution in [3.63, 3.8) is 0 Å². The molecule has 0 bridgehead atoms. The third-order valence-corrected chi connectivity index (χ3v) is 5.55. The lowest BCUT2D eigenvalue weighted by Crippen LogP contribution is -2.41. The Bertz CT molecular complexity index is 1010. The molecule has 0 aromatic heterocycles. The standard InChI is InChI=1S/C24H25N3O4/c1-17-6-2-4-8-22(17)26-24(28)20(15-25)14-19-7-3-5-9-23(19)31-16-18-10-12-21(13-11-18)27(29)30/h3,5,7,9-14,17,22H,2,4,6,8,16H2,1H3,(H,26,28)/b20-14+/t17-,22-/m0/s1. The molecule has 1 amide bonds.